The summed E-state index contributed by atoms with van der Waals surface area (Å²) in [7, 11) is 0. The molecule has 0 unspecified atom stereocenters. The summed E-state index contributed by atoms with van der Waals surface area (Å²) in [5.74, 6) is -0.150. The number of hydrogen-bond acceptors (Lipinski definition) is 5. The van der Waals surface area contributed by atoms with Crippen LogP contribution < -0.4 is 15.0 Å². The van der Waals surface area contributed by atoms with Crippen LogP contribution in [-0.2, 0) is 19.1 Å². The fourth-order valence-corrected chi connectivity index (χ4v) is 3.74. The van der Waals surface area contributed by atoms with E-state index >= 15 is 0 Å². The van der Waals surface area contributed by atoms with E-state index in [0.717, 1.165) is 19.3 Å². The quantitative estimate of drug-likeness (QED) is 0.783. The van der Waals surface area contributed by atoms with Crippen LogP contribution in [0.25, 0.3) is 0 Å². The molecule has 2 aliphatic rings. The summed E-state index contributed by atoms with van der Waals surface area (Å²) in [6.45, 7) is 3.70. The molecule has 3 atom stereocenters. The minimum absolute atomic E-state index is 0.124. The van der Waals surface area contributed by atoms with Gasteiger partial charge < -0.3 is 14.8 Å². The predicted octanol–water partition coefficient (Wildman–Crippen LogP) is 2.43. The summed E-state index contributed by atoms with van der Waals surface area (Å²) < 4.78 is 10.9. The van der Waals surface area contributed by atoms with Gasteiger partial charge in [0.05, 0.1) is 18.7 Å². The number of fused-ring (bicyclic) bond motifs is 1. The number of anilines is 1. The molecule has 0 saturated heterocycles. The van der Waals surface area contributed by atoms with Crippen molar-refractivity contribution in [2.24, 2.45) is 5.92 Å². The molecule has 1 N–H and O–H groups in total. The van der Waals surface area contributed by atoms with Crippen LogP contribution in [0.15, 0.2) is 24.3 Å². The van der Waals surface area contributed by atoms with Crippen molar-refractivity contribution in [3.8, 4) is 5.75 Å². The van der Waals surface area contributed by atoms with Crippen molar-refractivity contribution < 1.29 is 23.9 Å². The van der Waals surface area contributed by atoms with E-state index in [4.69, 9.17) is 9.47 Å². The van der Waals surface area contributed by atoms with Crippen LogP contribution in [0.3, 0.4) is 0 Å². The summed E-state index contributed by atoms with van der Waals surface area (Å²) in [4.78, 5) is 38.6. The Bertz CT molecular complexity index is 735. The van der Waals surface area contributed by atoms with Gasteiger partial charge in [0.1, 0.15) is 12.3 Å². The lowest BCUT2D eigenvalue weighted by molar-refractivity contribution is -0.154. The van der Waals surface area contributed by atoms with E-state index in [0.29, 0.717) is 17.4 Å². The highest BCUT2D eigenvalue weighted by Gasteiger charge is 2.29. The minimum atomic E-state index is -0.907. The molecule has 3 rings (SSSR count). The maximum Gasteiger partial charge on any atom is 0.326 e. The molecule has 2 amide bonds. The fraction of sp³-hybridized carbons (Fsp3) is 0.571. The molecule has 7 heteroatoms. The van der Waals surface area contributed by atoms with E-state index in [9.17, 15) is 14.4 Å². The molecule has 1 saturated carbocycles. The van der Waals surface area contributed by atoms with Crippen molar-refractivity contribution in [2.75, 3.05) is 18.1 Å². The second-order valence-electron chi connectivity index (χ2n) is 7.55. The summed E-state index contributed by atoms with van der Waals surface area (Å²) in [6, 6.07) is 7.20. The lowest BCUT2D eigenvalue weighted by atomic mass is 9.86. The minimum Gasteiger partial charge on any atom is -0.491 e. The van der Waals surface area contributed by atoms with Crippen molar-refractivity contribution in [1.82, 2.24) is 5.32 Å². The van der Waals surface area contributed by atoms with E-state index < -0.39 is 12.1 Å². The van der Waals surface area contributed by atoms with Gasteiger partial charge in [-0.2, -0.15) is 0 Å². The molecule has 0 radical (unpaired) electrons. The topological polar surface area (TPSA) is 84.9 Å². The van der Waals surface area contributed by atoms with Crippen molar-refractivity contribution in [3.05, 3.63) is 24.3 Å². The zero-order valence-electron chi connectivity index (χ0n) is 16.5. The molecule has 152 valence electrons. The SMILES string of the molecule is C[C@@H](OC(=O)CN1C(=O)CCOc2ccccc21)C(=O)N[C@@H]1CCCC[C@@H]1C. The van der Waals surface area contributed by atoms with E-state index in [1.807, 2.05) is 6.07 Å². The standard InChI is InChI=1S/C21H28N2O5/c1-14-7-3-4-8-16(14)22-21(26)15(2)28-20(25)13-23-17-9-5-6-10-18(17)27-12-11-19(23)24/h5-6,9-10,14-16H,3-4,7-8,11-13H2,1-2H3,(H,22,26)/t14-,15+,16+/m0/s1. The van der Waals surface area contributed by atoms with Gasteiger partial charge in [-0.05, 0) is 37.8 Å². The predicted molar refractivity (Wildman–Crippen MR) is 104 cm³/mol. The Morgan fingerprint density at radius 1 is 1.29 bits per heavy atom. The third kappa shape index (κ3) is 4.82. The van der Waals surface area contributed by atoms with E-state index in [2.05, 4.69) is 12.2 Å². The number of esters is 1. The molecule has 1 aromatic rings. The highest BCUT2D eigenvalue weighted by Crippen LogP contribution is 2.30. The van der Waals surface area contributed by atoms with Gasteiger partial charge in [0, 0.05) is 6.04 Å². The average molecular weight is 388 g/mol. The molecule has 1 aromatic carbocycles. The summed E-state index contributed by atoms with van der Waals surface area (Å²) in [6.07, 6.45) is 3.60. The Morgan fingerprint density at radius 3 is 2.82 bits per heavy atom. The molecule has 1 aliphatic carbocycles. The Kier molecular flexibility index (Phi) is 6.54. The van der Waals surface area contributed by atoms with Gasteiger partial charge in [0.15, 0.2) is 6.10 Å². The highest BCUT2D eigenvalue weighted by atomic mass is 16.5. The first-order chi connectivity index (χ1) is 13.5. The average Bonchev–Trinajstić information content (AvgIpc) is 2.82. The summed E-state index contributed by atoms with van der Waals surface area (Å²) in [5, 5.41) is 3.00. The number of para-hydroxylation sites is 2. The lowest BCUT2D eigenvalue weighted by Gasteiger charge is -2.30. The van der Waals surface area contributed by atoms with Gasteiger partial charge in [-0.15, -0.1) is 0 Å². The Morgan fingerprint density at radius 2 is 2.04 bits per heavy atom. The molecule has 1 aliphatic heterocycles. The maximum absolute atomic E-state index is 12.4. The van der Waals surface area contributed by atoms with Crippen LogP contribution in [0.4, 0.5) is 5.69 Å². The Labute approximate surface area is 165 Å². The molecule has 28 heavy (non-hydrogen) atoms. The molecule has 0 bridgehead atoms. The fourth-order valence-electron chi connectivity index (χ4n) is 3.74. The number of rotatable bonds is 5. The first-order valence-electron chi connectivity index (χ1n) is 9.97. The van der Waals surface area contributed by atoms with Crippen molar-refractivity contribution in [3.63, 3.8) is 0 Å². The molecule has 1 fully saturated rings. The smallest absolute Gasteiger partial charge is 0.326 e. The van der Waals surface area contributed by atoms with Gasteiger partial charge in [-0.1, -0.05) is 31.9 Å². The van der Waals surface area contributed by atoms with Gasteiger partial charge >= 0.3 is 5.97 Å². The summed E-state index contributed by atoms with van der Waals surface area (Å²) >= 11 is 0. The summed E-state index contributed by atoms with van der Waals surface area (Å²) in [5.41, 5.74) is 0.537. The number of amides is 2. The zero-order chi connectivity index (χ0) is 20.1. The maximum atomic E-state index is 12.4. The first-order valence-corrected chi connectivity index (χ1v) is 9.97. The second-order valence-corrected chi connectivity index (χ2v) is 7.55. The monoisotopic (exact) mass is 388 g/mol. The van der Waals surface area contributed by atoms with Crippen LogP contribution in [0.1, 0.15) is 46.0 Å². The third-order valence-electron chi connectivity index (χ3n) is 5.43. The van der Waals surface area contributed by atoms with E-state index in [1.165, 1.54) is 11.3 Å². The van der Waals surface area contributed by atoms with Crippen molar-refractivity contribution in [1.29, 1.82) is 0 Å². The molecular weight excluding hydrogens is 360 g/mol. The van der Waals surface area contributed by atoms with Crippen LogP contribution in [0.2, 0.25) is 0 Å². The van der Waals surface area contributed by atoms with E-state index in [-0.39, 0.29) is 37.4 Å². The van der Waals surface area contributed by atoms with Crippen LogP contribution >= 0.6 is 0 Å². The van der Waals surface area contributed by atoms with E-state index in [1.54, 1.807) is 25.1 Å². The van der Waals surface area contributed by atoms with Crippen molar-refractivity contribution >= 4 is 23.5 Å². The van der Waals surface area contributed by atoms with Crippen LogP contribution in [0.5, 0.6) is 5.75 Å². The molecule has 7 nitrogen and oxygen atoms in total. The first kappa shape index (κ1) is 20.2. The molecular formula is C21H28N2O5. The van der Waals surface area contributed by atoms with Crippen molar-refractivity contribution in [2.45, 2.75) is 58.1 Å². The molecule has 1 heterocycles. The molecule has 0 spiro atoms. The number of nitrogens with zero attached hydrogens (tertiary/aromatic N) is 1. The van der Waals surface area contributed by atoms with Gasteiger partial charge in [-0.25, -0.2) is 0 Å². The van der Waals surface area contributed by atoms with Crippen LogP contribution in [0, 0.1) is 5.92 Å². The van der Waals surface area contributed by atoms with Gasteiger partial charge in [0.2, 0.25) is 5.91 Å². The number of ether oxygens (including phenoxy) is 2. The highest BCUT2D eigenvalue weighted by molar-refractivity contribution is 5.99. The Balaban J connectivity index is 1.58. The number of carbonyl (C=O) groups excluding carboxylic acids is 3. The van der Waals surface area contributed by atoms with Gasteiger partial charge in [-0.3, -0.25) is 19.3 Å². The largest absolute Gasteiger partial charge is 0.491 e. The lowest BCUT2D eigenvalue weighted by Crippen LogP contribution is -2.46. The zero-order valence-corrected chi connectivity index (χ0v) is 16.5. The number of benzene rings is 1. The van der Waals surface area contributed by atoms with Crippen LogP contribution in [-0.4, -0.2) is 43.1 Å². The second kappa shape index (κ2) is 9.08. The Hall–Kier alpha value is -2.57. The molecule has 0 aromatic heterocycles. The third-order valence-corrected chi connectivity index (χ3v) is 5.43. The normalized spacial score (nSPS) is 23.1. The number of nitrogens with one attached hydrogen (secondary N) is 1. The number of carbonyl (C=O) groups is 3. The number of hydrogen-bond donors (Lipinski definition) is 1. The van der Waals surface area contributed by atoms with Gasteiger partial charge in [0.25, 0.3) is 5.91 Å².